The monoisotopic (exact) mass is 504 g/mol. The van der Waals surface area contributed by atoms with E-state index in [1.54, 1.807) is 16.9 Å². The Morgan fingerprint density at radius 1 is 1.38 bits per heavy atom. The number of aromatic nitrogens is 3. The average Bonchev–Trinajstić information content (AvgIpc) is 3.11. The number of halogens is 2. The maximum atomic E-state index is 12.8. The van der Waals surface area contributed by atoms with E-state index in [0.717, 1.165) is 12.8 Å². The Hall–Kier alpha value is -2.01. The first kappa shape index (κ1) is 26.2. The highest BCUT2D eigenvalue weighted by Gasteiger charge is 2.33. The molecule has 0 aliphatic heterocycles. The molecule has 0 unspecified atom stereocenters. The summed E-state index contributed by atoms with van der Waals surface area (Å²) in [7, 11) is 1.52. The van der Waals surface area contributed by atoms with Crippen LogP contribution in [0.2, 0.25) is 10.2 Å². The molecule has 0 spiro atoms. The van der Waals surface area contributed by atoms with Gasteiger partial charge in [0.05, 0.1) is 29.0 Å². The number of hydrogen-bond acceptors (Lipinski definition) is 7. The van der Waals surface area contributed by atoms with Crippen LogP contribution in [0.4, 0.5) is 0 Å². The first-order chi connectivity index (χ1) is 15.2. The number of nitrogens with zero attached hydrogens (tertiary/aromatic N) is 3. The van der Waals surface area contributed by atoms with E-state index >= 15 is 0 Å². The molecule has 3 rings (SSSR count). The van der Waals surface area contributed by atoms with Gasteiger partial charge in [-0.15, -0.1) is 0 Å². The molecular weight excluding hydrogens is 479 g/mol. The molecule has 0 radical (unpaired) electrons. The van der Waals surface area contributed by atoms with Gasteiger partial charge in [-0.3, -0.25) is 9.48 Å². The van der Waals surface area contributed by atoms with Crippen LogP contribution in [0.15, 0.2) is 12.3 Å². The highest BCUT2D eigenvalue weighted by atomic mass is 35.5. The number of aryl methyl sites for hydroxylation is 1. The molecule has 2 aromatic heterocycles. The number of methoxy groups -OCH3 is 1. The molecule has 1 aliphatic rings. The number of rotatable bonds is 6. The van der Waals surface area contributed by atoms with E-state index < -0.39 is 23.1 Å². The van der Waals surface area contributed by atoms with Crippen molar-refractivity contribution in [1.82, 2.24) is 20.1 Å². The largest absolute Gasteiger partial charge is 0.496 e. The minimum Gasteiger partial charge on any atom is -0.496 e. The molecule has 0 aromatic carbocycles. The first-order valence-electron chi connectivity index (χ1n) is 10.1. The second-order valence-electron chi connectivity index (χ2n) is 7.69. The maximum absolute atomic E-state index is 12.8. The van der Waals surface area contributed by atoms with Crippen molar-refractivity contribution in [2.24, 2.45) is 5.92 Å². The minimum atomic E-state index is -0.881. The van der Waals surface area contributed by atoms with E-state index in [4.69, 9.17) is 36.4 Å². The number of carbonyl (C=O) groups is 1. The first-order valence-corrected chi connectivity index (χ1v) is 11.5. The lowest BCUT2D eigenvalue weighted by atomic mass is 9.79. The van der Waals surface area contributed by atoms with Crippen LogP contribution in [0.25, 0.3) is 11.3 Å². The van der Waals surface area contributed by atoms with Crippen LogP contribution in [0.5, 0.6) is 5.75 Å². The molecule has 2 aromatic rings. The Morgan fingerprint density at radius 2 is 2.00 bits per heavy atom. The fourth-order valence-electron chi connectivity index (χ4n) is 3.64. The van der Waals surface area contributed by atoms with Crippen molar-refractivity contribution in [2.45, 2.75) is 51.7 Å². The van der Waals surface area contributed by atoms with Gasteiger partial charge in [0.1, 0.15) is 10.9 Å². The topological polar surface area (TPSA) is 123 Å². The van der Waals surface area contributed by atoms with Gasteiger partial charge in [-0.1, -0.05) is 30.1 Å². The Morgan fingerprint density at radius 3 is 2.56 bits per heavy atom. The Balaban J connectivity index is 0.00000114. The summed E-state index contributed by atoms with van der Waals surface area (Å²) < 4.78 is 23.6. The lowest BCUT2D eigenvalue weighted by molar-refractivity contribution is -0.00544. The van der Waals surface area contributed by atoms with Crippen LogP contribution in [0.3, 0.4) is 0 Å². The summed E-state index contributed by atoms with van der Waals surface area (Å²) in [6, 6.07) is 1.58. The van der Waals surface area contributed by atoms with Crippen molar-refractivity contribution < 1.29 is 23.1 Å². The number of pyridine rings is 1. The molecule has 1 saturated carbocycles. The quantitative estimate of drug-likeness (QED) is 0.578. The lowest BCUT2D eigenvalue weighted by Gasteiger charge is -2.34. The van der Waals surface area contributed by atoms with Gasteiger partial charge in [-0.25, -0.2) is 4.98 Å². The molecule has 12 heteroatoms. The predicted molar refractivity (Wildman–Crippen MR) is 122 cm³/mol. The zero-order valence-electron chi connectivity index (χ0n) is 18.1. The molecular formula is C20H26Cl2N4O5S. The van der Waals surface area contributed by atoms with Crippen molar-refractivity contribution in [3.63, 3.8) is 0 Å². The third-order valence-corrected chi connectivity index (χ3v) is 6.06. The molecule has 1 fully saturated rings. The van der Waals surface area contributed by atoms with E-state index in [1.807, 2.05) is 6.92 Å². The molecule has 0 bridgehead atoms. The van der Waals surface area contributed by atoms with Crippen molar-refractivity contribution in [1.29, 1.82) is 0 Å². The van der Waals surface area contributed by atoms with Crippen LogP contribution in [0.1, 0.15) is 50.0 Å². The minimum absolute atomic E-state index is 0.105. The van der Waals surface area contributed by atoms with Crippen LogP contribution in [-0.2, 0) is 18.1 Å². The summed E-state index contributed by atoms with van der Waals surface area (Å²) in [5.41, 5.74) is 0.350. The molecule has 176 valence electrons. The number of aliphatic hydroxyl groups is 1. The van der Waals surface area contributed by atoms with Gasteiger partial charge in [0.15, 0.2) is 5.69 Å². The highest BCUT2D eigenvalue weighted by molar-refractivity contribution is 7.51. The Labute approximate surface area is 200 Å². The zero-order chi connectivity index (χ0) is 23.9. The standard InChI is InChI=1S/C20H26Cl2N4O3.O2S/c1-4-26-18(13-10-23-15(21)9-14(13)29-3)16(22)17(25-26)19(27)24-11-20(28)7-5-12(2)6-8-20;1-3-2/h9-10,12,28H,4-8,11H2,1-3H3,(H,24,27);. The van der Waals surface area contributed by atoms with E-state index in [1.165, 1.54) is 7.11 Å². The van der Waals surface area contributed by atoms with Crippen molar-refractivity contribution in [3.05, 3.63) is 28.1 Å². The number of nitrogens with one attached hydrogen (secondary N) is 1. The number of ether oxygens (including phenoxy) is 1. The van der Waals surface area contributed by atoms with Crippen molar-refractivity contribution in [3.8, 4) is 17.0 Å². The van der Waals surface area contributed by atoms with Crippen LogP contribution < -0.4 is 10.1 Å². The summed E-state index contributed by atoms with van der Waals surface area (Å²) in [6.45, 7) is 4.75. The number of hydrogen-bond donors (Lipinski definition) is 2. The summed E-state index contributed by atoms with van der Waals surface area (Å²) in [5, 5.41) is 18.4. The summed E-state index contributed by atoms with van der Waals surface area (Å²) in [4.78, 5) is 16.9. The normalized spacial score (nSPS) is 20.1. The lowest BCUT2D eigenvalue weighted by Crippen LogP contribution is -2.45. The van der Waals surface area contributed by atoms with Gasteiger partial charge in [0.2, 0.25) is 0 Å². The van der Waals surface area contributed by atoms with Crippen LogP contribution >= 0.6 is 23.2 Å². The van der Waals surface area contributed by atoms with E-state index in [0.29, 0.717) is 42.3 Å². The van der Waals surface area contributed by atoms with Crippen molar-refractivity contribution in [2.75, 3.05) is 13.7 Å². The fourth-order valence-corrected chi connectivity index (χ4v) is 4.11. The third-order valence-electron chi connectivity index (χ3n) is 5.50. The van der Waals surface area contributed by atoms with E-state index in [9.17, 15) is 9.90 Å². The smallest absolute Gasteiger partial charge is 0.335 e. The summed E-state index contributed by atoms with van der Waals surface area (Å²) in [6.07, 6.45) is 4.79. The number of amides is 1. The second kappa shape index (κ2) is 11.7. The summed E-state index contributed by atoms with van der Waals surface area (Å²) in [5.74, 6) is 0.668. The molecule has 2 N–H and O–H groups in total. The third kappa shape index (κ3) is 6.28. The SMILES string of the molecule is CCn1nc(C(=O)NCC2(O)CCC(C)CC2)c(Cl)c1-c1cnc(Cl)cc1OC.O=S=O. The van der Waals surface area contributed by atoms with Gasteiger partial charge in [-0.05, 0) is 38.5 Å². The molecule has 1 aliphatic carbocycles. The second-order valence-corrected chi connectivity index (χ2v) is 8.59. The van der Waals surface area contributed by atoms with Gasteiger partial charge in [0.25, 0.3) is 5.91 Å². The fraction of sp³-hybridized carbons (Fsp3) is 0.550. The molecule has 2 heterocycles. The van der Waals surface area contributed by atoms with Gasteiger partial charge in [0, 0.05) is 25.4 Å². The predicted octanol–water partition coefficient (Wildman–Crippen LogP) is 3.28. The molecule has 32 heavy (non-hydrogen) atoms. The molecule has 0 saturated heterocycles. The van der Waals surface area contributed by atoms with Crippen LogP contribution in [-0.4, -0.2) is 53.5 Å². The molecule has 1 amide bonds. The van der Waals surface area contributed by atoms with Gasteiger partial charge in [-0.2, -0.15) is 13.5 Å². The Bertz CT molecular complexity index is 987. The molecule has 9 nitrogen and oxygen atoms in total. The van der Waals surface area contributed by atoms with E-state index in [-0.39, 0.29) is 22.4 Å². The molecule has 0 atom stereocenters. The maximum Gasteiger partial charge on any atom is 0.335 e. The van der Waals surface area contributed by atoms with Gasteiger partial charge >= 0.3 is 11.6 Å². The van der Waals surface area contributed by atoms with Crippen LogP contribution in [0, 0.1) is 5.92 Å². The highest BCUT2D eigenvalue weighted by Crippen LogP contribution is 2.37. The number of carbonyl (C=O) groups excluding carboxylic acids is 1. The van der Waals surface area contributed by atoms with Crippen molar-refractivity contribution >= 4 is 40.7 Å². The van der Waals surface area contributed by atoms with E-state index in [2.05, 4.69) is 22.3 Å². The zero-order valence-corrected chi connectivity index (χ0v) is 20.4. The van der Waals surface area contributed by atoms with Gasteiger partial charge < -0.3 is 15.2 Å². The summed E-state index contributed by atoms with van der Waals surface area (Å²) >= 11 is 11.8. The Kier molecular flexibility index (Phi) is 9.63. The average molecular weight is 505 g/mol.